The lowest BCUT2D eigenvalue weighted by Gasteiger charge is -1.99. The van der Waals surface area contributed by atoms with E-state index in [0.717, 1.165) is 11.1 Å². The molecule has 0 nitrogen and oxygen atoms in total. The molecule has 0 aliphatic carbocycles. The fourth-order valence-corrected chi connectivity index (χ4v) is 1.27. The molecule has 0 amide bonds. The first kappa shape index (κ1) is 14.1. The summed E-state index contributed by atoms with van der Waals surface area (Å²) in [7, 11) is 0. The van der Waals surface area contributed by atoms with Gasteiger partial charge in [0.2, 0.25) is 0 Å². The first-order valence-electron chi connectivity index (χ1n) is 4.17. The molecule has 2 aromatic carbocycles. The van der Waals surface area contributed by atoms with E-state index in [0.29, 0.717) is 0 Å². The number of hydrogen-bond acceptors (Lipinski definition) is 0. The average Bonchev–Trinajstić information content (AvgIpc) is 2.20. The summed E-state index contributed by atoms with van der Waals surface area (Å²) in [4.78, 5) is 0. The molecule has 0 aliphatic rings. The molecule has 1 atom stereocenters. The van der Waals surface area contributed by atoms with Gasteiger partial charge in [0.15, 0.2) is 0 Å². The summed E-state index contributed by atoms with van der Waals surface area (Å²) in [5.74, 6) is -0.195. The smallest absolute Gasteiger partial charge is 0.123 e. The SMILES string of the molecule is Cl.Fc1ccc(-c2ccccc2)cc1.P. The number of hydrogen-bond donors (Lipinski definition) is 0. The largest absolute Gasteiger partial charge is 0.207 e. The lowest BCUT2D eigenvalue weighted by Crippen LogP contribution is -1.77. The van der Waals surface area contributed by atoms with Gasteiger partial charge in [0.25, 0.3) is 0 Å². The Morgan fingerprint density at radius 2 is 1.13 bits per heavy atom. The Kier molecular flexibility index (Phi) is 6.15. The van der Waals surface area contributed by atoms with Gasteiger partial charge in [-0.3, -0.25) is 0 Å². The number of halogens is 2. The van der Waals surface area contributed by atoms with Crippen LogP contribution in [-0.2, 0) is 0 Å². The Hall–Kier alpha value is -0.910. The van der Waals surface area contributed by atoms with E-state index >= 15 is 0 Å². The molecular formula is C12H13ClFP. The van der Waals surface area contributed by atoms with E-state index in [-0.39, 0.29) is 28.1 Å². The van der Waals surface area contributed by atoms with Crippen LogP contribution < -0.4 is 0 Å². The van der Waals surface area contributed by atoms with Crippen molar-refractivity contribution in [3.63, 3.8) is 0 Å². The van der Waals surface area contributed by atoms with Gasteiger partial charge in [-0.15, -0.1) is 12.4 Å². The molecule has 0 saturated carbocycles. The van der Waals surface area contributed by atoms with E-state index in [1.54, 1.807) is 12.1 Å². The van der Waals surface area contributed by atoms with Crippen molar-refractivity contribution in [1.29, 1.82) is 0 Å². The molecule has 0 aromatic heterocycles. The Morgan fingerprint density at radius 1 is 0.667 bits per heavy atom. The summed E-state index contributed by atoms with van der Waals surface area (Å²) in [5.41, 5.74) is 2.16. The zero-order chi connectivity index (χ0) is 9.10. The summed E-state index contributed by atoms with van der Waals surface area (Å²) in [6.07, 6.45) is 0. The van der Waals surface area contributed by atoms with Gasteiger partial charge in [-0.2, -0.15) is 9.90 Å². The maximum Gasteiger partial charge on any atom is 0.123 e. The summed E-state index contributed by atoms with van der Waals surface area (Å²) >= 11 is 0. The third-order valence-corrected chi connectivity index (χ3v) is 1.95. The second kappa shape index (κ2) is 6.55. The van der Waals surface area contributed by atoms with Crippen LogP contribution in [0.25, 0.3) is 11.1 Å². The van der Waals surface area contributed by atoms with Crippen LogP contribution in [0, 0.1) is 5.82 Å². The molecule has 0 fully saturated rings. The Balaban J connectivity index is 0.000000980. The Bertz CT molecular complexity index is 386. The fraction of sp³-hybridized carbons (Fsp3) is 0. The van der Waals surface area contributed by atoms with Gasteiger partial charge >= 0.3 is 0 Å². The highest BCUT2D eigenvalue weighted by molar-refractivity contribution is 6.92. The molecule has 3 heteroatoms. The molecule has 1 unspecified atom stereocenters. The van der Waals surface area contributed by atoms with E-state index < -0.39 is 0 Å². The van der Waals surface area contributed by atoms with Crippen molar-refractivity contribution >= 4 is 22.3 Å². The standard InChI is InChI=1S/C12H9F.ClH.H3P/c13-12-8-6-11(7-9-12)10-4-2-1-3-5-10;;/h1-9H;1H;1H3. The summed E-state index contributed by atoms with van der Waals surface area (Å²) in [6.45, 7) is 0. The topological polar surface area (TPSA) is 0 Å². The summed E-state index contributed by atoms with van der Waals surface area (Å²) in [5, 5.41) is 0. The maximum absolute atomic E-state index is 12.6. The van der Waals surface area contributed by atoms with E-state index in [9.17, 15) is 4.39 Å². The zero-order valence-corrected chi connectivity index (χ0v) is 10.4. The molecule has 0 N–H and O–H groups in total. The first-order chi connectivity index (χ1) is 6.36. The Morgan fingerprint density at radius 3 is 1.67 bits per heavy atom. The van der Waals surface area contributed by atoms with Crippen molar-refractivity contribution in [2.45, 2.75) is 0 Å². The van der Waals surface area contributed by atoms with Crippen LogP contribution in [0.1, 0.15) is 0 Å². The minimum Gasteiger partial charge on any atom is -0.207 e. The van der Waals surface area contributed by atoms with Crippen molar-refractivity contribution in [1.82, 2.24) is 0 Å². The molecule has 0 radical (unpaired) electrons. The maximum atomic E-state index is 12.6. The first-order valence-corrected chi connectivity index (χ1v) is 4.17. The summed E-state index contributed by atoms with van der Waals surface area (Å²) < 4.78 is 12.6. The molecule has 0 spiro atoms. The van der Waals surface area contributed by atoms with Crippen molar-refractivity contribution < 1.29 is 4.39 Å². The average molecular weight is 243 g/mol. The van der Waals surface area contributed by atoms with Crippen LogP contribution in [-0.4, -0.2) is 0 Å². The fourth-order valence-electron chi connectivity index (χ4n) is 1.27. The van der Waals surface area contributed by atoms with Crippen LogP contribution in [0.15, 0.2) is 54.6 Å². The molecule has 2 rings (SSSR count). The van der Waals surface area contributed by atoms with Crippen LogP contribution in [0.4, 0.5) is 4.39 Å². The van der Waals surface area contributed by atoms with Gasteiger partial charge in [0, 0.05) is 0 Å². The zero-order valence-electron chi connectivity index (χ0n) is 8.19. The van der Waals surface area contributed by atoms with Gasteiger partial charge < -0.3 is 0 Å². The van der Waals surface area contributed by atoms with Crippen molar-refractivity contribution in [2.75, 3.05) is 0 Å². The minimum absolute atomic E-state index is 0. The Labute approximate surface area is 98.6 Å². The summed E-state index contributed by atoms with van der Waals surface area (Å²) in [6, 6.07) is 16.4. The van der Waals surface area contributed by atoms with Crippen LogP contribution in [0.5, 0.6) is 0 Å². The van der Waals surface area contributed by atoms with Gasteiger partial charge in [-0.25, -0.2) is 4.39 Å². The third kappa shape index (κ3) is 3.62. The molecule has 15 heavy (non-hydrogen) atoms. The number of rotatable bonds is 1. The molecule has 0 saturated heterocycles. The van der Waals surface area contributed by atoms with Crippen molar-refractivity contribution in [3.8, 4) is 11.1 Å². The molecule has 2 aromatic rings. The highest BCUT2D eigenvalue weighted by atomic mass is 35.5. The van der Waals surface area contributed by atoms with Gasteiger partial charge in [0.05, 0.1) is 0 Å². The predicted molar refractivity (Wildman–Crippen MR) is 70.2 cm³/mol. The van der Waals surface area contributed by atoms with Crippen LogP contribution >= 0.6 is 22.3 Å². The minimum atomic E-state index is -0.195. The van der Waals surface area contributed by atoms with E-state index in [2.05, 4.69) is 0 Å². The molecular weight excluding hydrogens is 230 g/mol. The molecule has 0 aliphatic heterocycles. The lowest BCUT2D eigenvalue weighted by atomic mass is 10.1. The van der Waals surface area contributed by atoms with Crippen molar-refractivity contribution in [2.24, 2.45) is 0 Å². The van der Waals surface area contributed by atoms with Gasteiger partial charge in [-0.05, 0) is 23.3 Å². The molecule has 80 valence electrons. The van der Waals surface area contributed by atoms with Crippen molar-refractivity contribution in [3.05, 3.63) is 60.4 Å². The van der Waals surface area contributed by atoms with Gasteiger partial charge in [-0.1, -0.05) is 42.5 Å². The predicted octanol–water partition coefficient (Wildman–Crippen LogP) is 3.97. The second-order valence-corrected chi connectivity index (χ2v) is 2.87. The highest BCUT2D eigenvalue weighted by Crippen LogP contribution is 2.18. The molecule has 0 bridgehead atoms. The highest BCUT2D eigenvalue weighted by Gasteiger charge is 1.95. The number of benzene rings is 2. The normalized spacial score (nSPS) is 8.60. The lowest BCUT2D eigenvalue weighted by molar-refractivity contribution is 0.628. The van der Waals surface area contributed by atoms with E-state index in [4.69, 9.17) is 0 Å². The second-order valence-electron chi connectivity index (χ2n) is 2.87. The van der Waals surface area contributed by atoms with E-state index in [1.165, 1.54) is 12.1 Å². The van der Waals surface area contributed by atoms with E-state index in [1.807, 2.05) is 30.3 Å². The monoisotopic (exact) mass is 242 g/mol. The molecule has 0 heterocycles. The third-order valence-electron chi connectivity index (χ3n) is 1.95. The van der Waals surface area contributed by atoms with Crippen LogP contribution in [0.3, 0.4) is 0 Å². The quantitative estimate of drug-likeness (QED) is 0.664. The van der Waals surface area contributed by atoms with Gasteiger partial charge in [0.1, 0.15) is 5.82 Å². The van der Waals surface area contributed by atoms with Crippen LogP contribution in [0.2, 0.25) is 0 Å².